The smallest absolute Gasteiger partial charge is 0.251 e. The second-order valence-corrected chi connectivity index (χ2v) is 6.22. The average molecular weight is 275 g/mol. The number of carbonyl (C=O) groups excluding carboxylic acids is 1. The van der Waals surface area contributed by atoms with Gasteiger partial charge in [-0.25, -0.2) is 4.98 Å². The van der Waals surface area contributed by atoms with Crippen molar-refractivity contribution < 1.29 is 4.79 Å². The van der Waals surface area contributed by atoms with Gasteiger partial charge in [0.1, 0.15) is 5.82 Å². The molecule has 1 fully saturated rings. The maximum Gasteiger partial charge on any atom is 0.251 e. The minimum atomic E-state index is -0.0385. The van der Waals surface area contributed by atoms with Crippen molar-refractivity contribution in [1.82, 2.24) is 10.3 Å². The molecule has 1 amide bonds. The molecule has 4 heteroatoms. The van der Waals surface area contributed by atoms with Gasteiger partial charge in [-0.2, -0.15) is 0 Å². The molecule has 3 N–H and O–H groups in total. The Kier molecular flexibility index (Phi) is 4.31. The molecule has 0 atom stereocenters. The van der Waals surface area contributed by atoms with Crippen molar-refractivity contribution in [3.63, 3.8) is 0 Å². The summed E-state index contributed by atoms with van der Waals surface area (Å²) in [5.74, 6) is 0.996. The third kappa shape index (κ3) is 3.30. The summed E-state index contributed by atoms with van der Waals surface area (Å²) in [5, 5.41) is 3.06. The van der Waals surface area contributed by atoms with Crippen LogP contribution in [0.25, 0.3) is 0 Å². The summed E-state index contributed by atoms with van der Waals surface area (Å²) in [6.07, 6.45) is 4.27. The Labute approximate surface area is 121 Å². The number of aromatic nitrogens is 1. The first-order valence-electron chi connectivity index (χ1n) is 7.51. The standard InChI is InChI=1S/C16H25N3O/c1-4-5-13-8-12(9-14(17)19-13)15(20)18-10-16(6-7-16)11(2)3/h8-9,11H,4-7,10H2,1-3H3,(H2,17,19)(H,18,20). The molecule has 0 saturated heterocycles. The van der Waals surface area contributed by atoms with E-state index in [4.69, 9.17) is 5.73 Å². The molecule has 0 unspecified atom stereocenters. The number of hydrogen-bond acceptors (Lipinski definition) is 3. The number of pyridine rings is 1. The fraction of sp³-hybridized carbons (Fsp3) is 0.625. The van der Waals surface area contributed by atoms with Gasteiger partial charge < -0.3 is 11.1 Å². The number of nitrogen functional groups attached to an aromatic ring is 1. The number of rotatable bonds is 6. The summed E-state index contributed by atoms with van der Waals surface area (Å²) in [7, 11) is 0. The van der Waals surface area contributed by atoms with E-state index in [-0.39, 0.29) is 5.91 Å². The summed E-state index contributed by atoms with van der Waals surface area (Å²) in [6.45, 7) is 7.30. The van der Waals surface area contributed by atoms with Crippen LogP contribution in [-0.4, -0.2) is 17.4 Å². The van der Waals surface area contributed by atoms with Crippen LogP contribution in [-0.2, 0) is 6.42 Å². The maximum absolute atomic E-state index is 12.3. The van der Waals surface area contributed by atoms with E-state index in [0.717, 1.165) is 25.1 Å². The van der Waals surface area contributed by atoms with Crippen molar-refractivity contribution in [2.45, 2.75) is 46.5 Å². The van der Waals surface area contributed by atoms with Crippen molar-refractivity contribution >= 4 is 11.7 Å². The Morgan fingerprint density at radius 2 is 2.15 bits per heavy atom. The zero-order valence-corrected chi connectivity index (χ0v) is 12.7. The third-order valence-corrected chi connectivity index (χ3v) is 4.38. The van der Waals surface area contributed by atoms with Crippen molar-refractivity contribution in [3.8, 4) is 0 Å². The topological polar surface area (TPSA) is 68.0 Å². The first-order valence-corrected chi connectivity index (χ1v) is 7.51. The first kappa shape index (κ1) is 14.8. The molecule has 2 rings (SSSR count). The molecule has 0 aliphatic heterocycles. The number of nitrogens with two attached hydrogens (primary N) is 1. The number of nitrogens with zero attached hydrogens (tertiary/aromatic N) is 1. The second-order valence-electron chi connectivity index (χ2n) is 6.22. The molecule has 1 aliphatic rings. The lowest BCUT2D eigenvalue weighted by molar-refractivity contribution is 0.0939. The van der Waals surface area contributed by atoms with Gasteiger partial charge in [0, 0.05) is 17.8 Å². The van der Waals surface area contributed by atoms with E-state index in [1.807, 2.05) is 6.07 Å². The predicted molar refractivity (Wildman–Crippen MR) is 81.5 cm³/mol. The number of aryl methyl sites for hydroxylation is 1. The van der Waals surface area contributed by atoms with E-state index in [0.29, 0.717) is 22.7 Å². The van der Waals surface area contributed by atoms with Crippen LogP contribution in [0.3, 0.4) is 0 Å². The van der Waals surface area contributed by atoms with Crippen LogP contribution >= 0.6 is 0 Å². The van der Waals surface area contributed by atoms with Crippen molar-refractivity contribution in [2.75, 3.05) is 12.3 Å². The molecule has 1 aromatic rings. The van der Waals surface area contributed by atoms with Crippen LogP contribution in [0.4, 0.5) is 5.82 Å². The quantitative estimate of drug-likeness (QED) is 0.839. The fourth-order valence-corrected chi connectivity index (χ4v) is 2.60. The monoisotopic (exact) mass is 275 g/mol. The van der Waals surface area contributed by atoms with E-state index in [2.05, 4.69) is 31.1 Å². The molecule has 1 aromatic heterocycles. The lowest BCUT2D eigenvalue weighted by Crippen LogP contribution is -2.32. The summed E-state index contributed by atoms with van der Waals surface area (Å²) in [6, 6.07) is 3.51. The molecule has 0 spiro atoms. The molecule has 1 heterocycles. The van der Waals surface area contributed by atoms with Gasteiger partial charge in [-0.05, 0) is 42.7 Å². The van der Waals surface area contributed by atoms with E-state index < -0.39 is 0 Å². The first-order chi connectivity index (χ1) is 9.47. The van der Waals surface area contributed by atoms with Crippen LogP contribution in [0.2, 0.25) is 0 Å². The van der Waals surface area contributed by atoms with Crippen molar-refractivity contribution in [2.24, 2.45) is 11.3 Å². The number of amides is 1. The Balaban J connectivity index is 2.02. The van der Waals surface area contributed by atoms with Gasteiger partial charge in [0.2, 0.25) is 0 Å². The van der Waals surface area contributed by atoms with Crippen LogP contribution in [0, 0.1) is 11.3 Å². The fourth-order valence-electron chi connectivity index (χ4n) is 2.60. The molecule has 1 aliphatic carbocycles. The summed E-state index contributed by atoms with van der Waals surface area (Å²) >= 11 is 0. The second kappa shape index (κ2) is 5.81. The van der Waals surface area contributed by atoms with Crippen molar-refractivity contribution in [3.05, 3.63) is 23.4 Å². The van der Waals surface area contributed by atoms with Gasteiger partial charge >= 0.3 is 0 Å². The average Bonchev–Trinajstić information content (AvgIpc) is 3.17. The summed E-state index contributed by atoms with van der Waals surface area (Å²) in [4.78, 5) is 16.5. The van der Waals surface area contributed by atoms with Gasteiger partial charge in [0.25, 0.3) is 5.91 Å². The Morgan fingerprint density at radius 1 is 1.45 bits per heavy atom. The van der Waals surface area contributed by atoms with Crippen LogP contribution in [0.1, 0.15) is 56.1 Å². The molecule has 20 heavy (non-hydrogen) atoms. The normalized spacial score (nSPS) is 16.2. The minimum absolute atomic E-state index is 0.0385. The number of hydrogen-bond donors (Lipinski definition) is 2. The maximum atomic E-state index is 12.3. The molecule has 0 aromatic carbocycles. The Morgan fingerprint density at radius 3 is 2.70 bits per heavy atom. The van der Waals surface area contributed by atoms with Crippen LogP contribution in [0.15, 0.2) is 12.1 Å². The van der Waals surface area contributed by atoms with Gasteiger partial charge in [0.05, 0.1) is 0 Å². The van der Waals surface area contributed by atoms with E-state index >= 15 is 0 Å². The molecular formula is C16H25N3O. The Hall–Kier alpha value is -1.58. The number of anilines is 1. The summed E-state index contributed by atoms with van der Waals surface area (Å²) in [5.41, 5.74) is 7.62. The zero-order chi connectivity index (χ0) is 14.8. The minimum Gasteiger partial charge on any atom is -0.384 e. The molecule has 4 nitrogen and oxygen atoms in total. The van der Waals surface area contributed by atoms with E-state index in [9.17, 15) is 4.79 Å². The highest BCUT2D eigenvalue weighted by atomic mass is 16.1. The van der Waals surface area contributed by atoms with E-state index in [1.54, 1.807) is 6.07 Å². The van der Waals surface area contributed by atoms with E-state index in [1.165, 1.54) is 12.8 Å². The largest absolute Gasteiger partial charge is 0.384 e. The molecule has 1 saturated carbocycles. The highest BCUT2D eigenvalue weighted by Gasteiger charge is 2.45. The third-order valence-electron chi connectivity index (χ3n) is 4.38. The Bertz CT molecular complexity index is 492. The van der Waals surface area contributed by atoms with Gasteiger partial charge in [-0.15, -0.1) is 0 Å². The van der Waals surface area contributed by atoms with Gasteiger partial charge in [0.15, 0.2) is 0 Å². The summed E-state index contributed by atoms with van der Waals surface area (Å²) < 4.78 is 0. The number of carbonyl (C=O) groups is 1. The molecule has 0 radical (unpaired) electrons. The highest BCUT2D eigenvalue weighted by Crippen LogP contribution is 2.51. The van der Waals surface area contributed by atoms with Crippen LogP contribution in [0.5, 0.6) is 0 Å². The molecule has 110 valence electrons. The SMILES string of the molecule is CCCc1cc(C(=O)NCC2(C(C)C)CC2)cc(N)n1. The van der Waals surface area contributed by atoms with Crippen LogP contribution < -0.4 is 11.1 Å². The molecule has 0 bridgehead atoms. The molecular weight excluding hydrogens is 250 g/mol. The lowest BCUT2D eigenvalue weighted by Gasteiger charge is -2.20. The van der Waals surface area contributed by atoms with Gasteiger partial charge in [-0.1, -0.05) is 27.2 Å². The van der Waals surface area contributed by atoms with Gasteiger partial charge in [-0.3, -0.25) is 4.79 Å². The zero-order valence-electron chi connectivity index (χ0n) is 12.7. The lowest BCUT2D eigenvalue weighted by atomic mass is 9.92. The highest BCUT2D eigenvalue weighted by molar-refractivity contribution is 5.94. The van der Waals surface area contributed by atoms with Crippen molar-refractivity contribution in [1.29, 1.82) is 0 Å². The number of nitrogens with one attached hydrogen (secondary N) is 1. The predicted octanol–water partition coefficient (Wildman–Crippen LogP) is 2.78.